The fraction of sp³-hybridized carbons (Fsp3) is 0.400. The van der Waals surface area contributed by atoms with Crippen LogP contribution in [0.5, 0.6) is 0 Å². The van der Waals surface area contributed by atoms with Gasteiger partial charge in [0.25, 0.3) is 11.9 Å². The van der Waals surface area contributed by atoms with E-state index >= 15 is 0 Å². The first kappa shape index (κ1) is 9.96. The van der Waals surface area contributed by atoms with Crippen LogP contribution in [0.3, 0.4) is 0 Å². The van der Waals surface area contributed by atoms with Crippen molar-refractivity contribution in [1.29, 1.82) is 0 Å². The Hall–Kier alpha value is -1.12. The highest BCUT2D eigenvalue weighted by Gasteiger charge is 2.32. The fourth-order valence-corrected chi connectivity index (χ4v) is 1.45. The van der Waals surface area contributed by atoms with Crippen LogP contribution >= 0.6 is 0 Å². The zero-order chi connectivity index (χ0) is 10.3. The van der Waals surface area contributed by atoms with E-state index in [9.17, 15) is 13.2 Å². The predicted octanol–water partition coefficient (Wildman–Crippen LogP) is -2.85. The first-order chi connectivity index (χ1) is 5.72. The Balaban J connectivity index is 3.06. The van der Waals surface area contributed by atoms with Gasteiger partial charge in [-0.25, -0.2) is 8.42 Å². The van der Waals surface area contributed by atoms with E-state index < -0.39 is 26.6 Å². The SMILES string of the molecule is CS(=O)(=O)C1=CNC(N)(O)NC1=O. The van der Waals surface area contributed by atoms with Gasteiger partial charge in [-0.1, -0.05) is 0 Å². The number of carbonyl (C=O) groups is 1. The zero-order valence-corrected chi connectivity index (χ0v) is 7.55. The Bertz CT molecular complexity index is 369. The molecule has 1 aliphatic rings. The van der Waals surface area contributed by atoms with Crippen LogP contribution in [0, 0.1) is 0 Å². The van der Waals surface area contributed by atoms with Gasteiger partial charge in [0.15, 0.2) is 9.84 Å². The molecule has 1 rings (SSSR count). The molecule has 1 heterocycles. The first-order valence-electron chi connectivity index (χ1n) is 3.24. The Labute approximate surface area is 74.5 Å². The van der Waals surface area contributed by atoms with Gasteiger partial charge < -0.3 is 10.4 Å². The number of nitrogens with one attached hydrogen (secondary N) is 2. The van der Waals surface area contributed by atoms with Crippen LogP contribution in [0.2, 0.25) is 0 Å². The summed E-state index contributed by atoms with van der Waals surface area (Å²) in [5, 5.41) is 13.0. The lowest BCUT2D eigenvalue weighted by molar-refractivity contribution is -0.127. The molecule has 0 saturated heterocycles. The summed E-state index contributed by atoms with van der Waals surface area (Å²) in [6.07, 6.45) is 1.73. The summed E-state index contributed by atoms with van der Waals surface area (Å²) in [5.41, 5.74) is 5.05. The number of nitrogens with two attached hydrogens (primary N) is 1. The number of carbonyl (C=O) groups excluding carboxylic acids is 1. The van der Waals surface area contributed by atoms with Crippen LogP contribution in [0.4, 0.5) is 0 Å². The van der Waals surface area contributed by atoms with Gasteiger partial charge in [-0.05, 0) is 0 Å². The number of sulfone groups is 1. The molecule has 13 heavy (non-hydrogen) atoms. The molecule has 1 aliphatic heterocycles. The van der Waals surface area contributed by atoms with Gasteiger partial charge in [-0.15, -0.1) is 0 Å². The summed E-state index contributed by atoms with van der Waals surface area (Å²) >= 11 is 0. The molecule has 0 aromatic carbocycles. The molecule has 7 nitrogen and oxygen atoms in total. The molecule has 1 unspecified atom stereocenters. The average Bonchev–Trinajstić information content (AvgIpc) is 1.80. The molecule has 0 aromatic rings. The van der Waals surface area contributed by atoms with E-state index in [-0.39, 0.29) is 0 Å². The maximum Gasteiger partial charge on any atom is 0.276 e. The second kappa shape index (κ2) is 2.69. The molecule has 8 heteroatoms. The molecule has 0 aromatic heterocycles. The van der Waals surface area contributed by atoms with Crippen LogP contribution in [0.1, 0.15) is 0 Å². The van der Waals surface area contributed by atoms with Crippen molar-refractivity contribution in [1.82, 2.24) is 10.6 Å². The minimum absolute atomic E-state index is 0.470. The number of rotatable bonds is 1. The van der Waals surface area contributed by atoms with Crippen molar-refractivity contribution in [3.8, 4) is 0 Å². The summed E-state index contributed by atoms with van der Waals surface area (Å²) in [4.78, 5) is 10.5. The van der Waals surface area contributed by atoms with Crippen LogP contribution in [-0.2, 0) is 14.6 Å². The number of aliphatic hydroxyl groups is 1. The third kappa shape index (κ3) is 2.17. The van der Waals surface area contributed by atoms with E-state index in [1.807, 2.05) is 5.32 Å². The Morgan fingerprint density at radius 3 is 2.54 bits per heavy atom. The smallest absolute Gasteiger partial charge is 0.276 e. The topological polar surface area (TPSA) is 122 Å². The lowest BCUT2D eigenvalue weighted by atomic mass is 10.4. The Kier molecular flexibility index (Phi) is 2.06. The van der Waals surface area contributed by atoms with Gasteiger partial charge in [-0.2, -0.15) is 0 Å². The Morgan fingerprint density at radius 2 is 2.15 bits per heavy atom. The summed E-state index contributed by atoms with van der Waals surface area (Å²) in [7, 11) is -3.61. The molecule has 0 fully saturated rings. The lowest BCUT2D eigenvalue weighted by Crippen LogP contribution is -2.67. The van der Waals surface area contributed by atoms with Crippen molar-refractivity contribution in [3.05, 3.63) is 11.1 Å². The van der Waals surface area contributed by atoms with Crippen LogP contribution in [-0.4, -0.2) is 31.7 Å². The standard InChI is InChI=1S/C5H9N3O4S/c1-13(11,12)3-2-7-5(6,10)8-4(3)9/h2,7,10H,6H2,1H3,(H,8,9). The minimum Gasteiger partial charge on any atom is -0.342 e. The van der Waals surface area contributed by atoms with E-state index in [0.29, 0.717) is 0 Å². The lowest BCUT2D eigenvalue weighted by Gasteiger charge is -2.28. The monoisotopic (exact) mass is 207 g/mol. The molecule has 0 saturated carbocycles. The highest BCUT2D eigenvalue weighted by molar-refractivity contribution is 7.95. The van der Waals surface area contributed by atoms with E-state index in [0.717, 1.165) is 12.5 Å². The fourth-order valence-electron chi connectivity index (χ4n) is 0.787. The van der Waals surface area contributed by atoms with Crippen LogP contribution in [0.25, 0.3) is 0 Å². The second-order valence-electron chi connectivity index (χ2n) is 2.65. The molecule has 5 N–H and O–H groups in total. The second-order valence-corrected chi connectivity index (χ2v) is 4.63. The summed E-state index contributed by atoms with van der Waals surface area (Å²) in [5.74, 6) is -3.03. The summed E-state index contributed by atoms with van der Waals surface area (Å²) in [6, 6.07) is 0. The van der Waals surface area contributed by atoms with E-state index in [1.54, 1.807) is 0 Å². The maximum atomic E-state index is 11.0. The van der Waals surface area contributed by atoms with Crippen LogP contribution in [0.15, 0.2) is 11.1 Å². The molecule has 74 valence electrons. The molecule has 0 aliphatic carbocycles. The van der Waals surface area contributed by atoms with Crippen molar-refractivity contribution in [2.75, 3.05) is 6.26 Å². The number of hydrogen-bond donors (Lipinski definition) is 4. The van der Waals surface area contributed by atoms with Gasteiger partial charge in [0.2, 0.25) is 0 Å². The number of hydrogen-bond acceptors (Lipinski definition) is 6. The van der Waals surface area contributed by atoms with Crippen LogP contribution < -0.4 is 16.4 Å². The minimum atomic E-state index is -3.61. The quantitative estimate of drug-likeness (QED) is 0.343. The van der Waals surface area contributed by atoms with Gasteiger partial charge in [0, 0.05) is 12.5 Å². The average molecular weight is 207 g/mol. The molecule has 1 amide bonds. The molecular weight excluding hydrogens is 198 g/mol. The Morgan fingerprint density at radius 1 is 1.62 bits per heavy atom. The molecule has 1 atom stereocenters. The third-order valence-corrected chi connectivity index (χ3v) is 2.45. The van der Waals surface area contributed by atoms with Crippen molar-refractivity contribution in [2.24, 2.45) is 5.73 Å². The summed E-state index contributed by atoms with van der Waals surface area (Å²) in [6.45, 7) is 0. The normalized spacial score (nSPS) is 28.8. The third-order valence-electron chi connectivity index (χ3n) is 1.35. The zero-order valence-electron chi connectivity index (χ0n) is 6.73. The van der Waals surface area contributed by atoms with E-state index in [4.69, 9.17) is 10.8 Å². The number of amides is 1. The van der Waals surface area contributed by atoms with Gasteiger partial charge in [0.05, 0.1) is 0 Å². The van der Waals surface area contributed by atoms with Gasteiger partial charge >= 0.3 is 0 Å². The van der Waals surface area contributed by atoms with Crippen molar-refractivity contribution < 1.29 is 18.3 Å². The predicted molar refractivity (Wildman–Crippen MR) is 43.3 cm³/mol. The molecular formula is C5H9N3O4S. The highest BCUT2D eigenvalue weighted by Crippen LogP contribution is 2.08. The highest BCUT2D eigenvalue weighted by atomic mass is 32.2. The molecule has 0 bridgehead atoms. The first-order valence-corrected chi connectivity index (χ1v) is 5.13. The molecule has 0 radical (unpaired) electrons. The van der Waals surface area contributed by atoms with E-state index in [2.05, 4.69) is 5.32 Å². The molecule has 0 spiro atoms. The van der Waals surface area contributed by atoms with Crippen molar-refractivity contribution in [2.45, 2.75) is 5.97 Å². The van der Waals surface area contributed by atoms with E-state index in [1.165, 1.54) is 0 Å². The van der Waals surface area contributed by atoms with Crippen molar-refractivity contribution >= 4 is 15.7 Å². The van der Waals surface area contributed by atoms with Crippen molar-refractivity contribution in [3.63, 3.8) is 0 Å². The van der Waals surface area contributed by atoms with Gasteiger partial charge in [-0.3, -0.25) is 15.8 Å². The summed E-state index contributed by atoms with van der Waals surface area (Å²) < 4.78 is 21.8. The maximum absolute atomic E-state index is 11.0. The van der Waals surface area contributed by atoms with Gasteiger partial charge in [0.1, 0.15) is 4.91 Å². The largest absolute Gasteiger partial charge is 0.342 e.